The van der Waals surface area contributed by atoms with Gasteiger partial charge in [0.25, 0.3) is 0 Å². The Morgan fingerprint density at radius 1 is 1.00 bits per heavy atom. The van der Waals surface area contributed by atoms with Crippen LogP contribution in [-0.4, -0.2) is 79.1 Å². The molecule has 0 fully saturated rings. The summed E-state index contributed by atoms with van der Waals surface area (Å²) in [6.45, 7) is 15.0. The minimum Gasteiger partial charge on any atom is -0.547 e. The fourth-order valence-electron chi connectivity index (χ4n) is 2.46. The summed E-state index contributed by atoms with van der Waals surface area (Å²) >= 11 is 0. The van der Waals surface area contributed by atoms with Crippen LogP contribution in [0.1, 0.15) is 39.5 Å². The van der Waals surface area contributed by atoms with Gasteiger partial charge in [-0.05, 0) is 20.3 Å². The Morgan fingerprint density at radius 3 is 1.80 bits per heavy atom. The maximum Gasteiger partial charge on any atom is 0.306 e. The number of carboxylic acids is 3. The third-order valence-corrected chi connectivity index (χ3v) is 6.15. The number of ether oxygens (including phenoxy) is 1. The third-order valence-electron chi connectivity index (χ3n) is 4.29. The summed E-state index contributed by atoms with van der Waals surface area (Å²) in [5, 5.41) is 35.5. The summed E-state index contributed by atoms with van der Waals surface area (Å²) in [6.07, 6.45) is -0.826. The lowest BCUT2D eigenvalue weighted by Gasteiger charge is -2.25. The maximum absolute atomic E-state index is 11.5. The van der Waals surface area contributed by atoms with Crippen LogP contribution in [0, 0.1) is 0 Å². The van der Waals surface area contributed by atoms with Gasteiger partial charge in [0.2, 0.25) is 0 Å². The topological polar surface area (TPSA) is 166 Å². The van der Waals surface area contributed by atoms with Crippen molar-refractivity contribution in [2.75, 3.05) is 26.2 Å². The predicted molar refractivity (Wildman–Crippen MR) is 110 cm³/mol. The highest BCUT2D eigenvalue weighted by Crippen LogP contribution is 2.14. The highest BCUT2D eigenvalue weighted by atomic mass is 28.3. The molecule has 0 unspecified atom stereocenters. The molecule has 0 amide bonds. The van der Waals surface area contributed by atoms with Gasteiger partial charge in [0.1, 0.15) is 18.8 Å². The molecule has 0 atom stereocenters. The van der Waals surface area contributed by atoms with Gasteiger partial charge in [0.05, 0.1) is 31.9 Å². The van der Waals surface area contributed by atoms with E-state index in [0.29, 0.717) is 13.0 Å². The Morgan fingerprint density at radius 2 is 1.47 bits per heavy atom. The normalized spacial score (nSPS) is 11.4. The van der Waals surface area contributed by atoms with Crippen molar-refractivity contribution in [3.63, 3.8) is 0 Å². The molecule has 10 nitrogen and oxygen atoms in total. The first kappa shape index (κ1) is 30.2. The highest BCUT2D eigenvalue weighted by Gasteiger charge is 2.34. The number of hydrogen-bond donors (Lipinski definition) is 4. The third kappa shape index (κ3) is 16.9. The van der Waals surface area contributed by atoms with E-state index in [4.69, 9.17) is 20.1 Å². The van der Waals surface area contributed by atoms with E-state index in [9.17, 15) is 24.3 Å². The van der Waals surface area contributed by atoms with Crippen molar-refractivity contribution in [1.29, 1.82) is 0 Å². The Kier molecular flexibility index (Phi) is 15.0. The number of aliphatic hydroxyl groups is 1. The molecule has 0 bridgehead atoms. The van der Waals surface area contributed by atoms with E-state index < -0.39 is 44.4 Å². The lowest BCUT2D eigenvalue weighted by molar-refractivity contribution is -0.896. The van der Waals surface area contributed by atoms with Gasteiger partial charge in [-0.1, -0.05) is 25.7 Å². The predicted octanol–water partition coefficient (Wildman–Crippen LogP) is -1.01. The van der Waals surface area contributed by atoms with Crippen LogP contribution in [0.25, 0.3) is 0 Å². The number of quaternary nitrogens is 1. The van der Waals surface area contributed by atoms with Crippen molar-refractivity contribution in [2.45, 2.75) is 70.8 Å². The Balaban J connectivity index is 0. The largest absolute Gasteiger partial charge is 0.547 e. The maximum atomic E-state index is 11.5. The van der Waals surface area contributed by atoms with Gasteiger partial charge in [0.15, 0.2) is 0 Å². The number of rotatable bonds is 14. The molecule has 0 aliphatic heterocycles. The van der Waals surface area contributed by atoms with Gasteiger partial charge in [-0.25, -0.2) is 0 Å². The number of aliphatic carboxylic acids is 3. The zero-order valence-electron chi connectivity index (χ0n) is 18.7. The number of likely N-dealkylation sites (N-methyl/N-ethyl adjacent to an activating group) is 1. The summed E-state index contributed by atoms with van der Waals surface area (Å²) in [5.41, 5.74) is -2.85. The van der Waals surface area contributed by atoms with E-state index in [1.54, 1.807) is 0 Å². The first-order valence-corrected chi connectivity index (χ1v) is 13.7. The smallest absolute Gasteiger partial charge is 0.306 e. The molecular weight excluding hydrogens is 414 g/mol. The lowest BCUT2D eigenvalue weighted by atomic mass is 9.96. The molecule has 0 aromatic heterocycles. The quantitative estimate of drug-likeness (QED) is 0.191. The van der Waals surface area contributed by atoms with Crippen LogP contribution in [-0.2, 0) is 23.9 Å². The van der Waals surface area contributed by atoms with Crippen LogP contribution < -0.4 is 10.0 Å². The zero-order valence-corrected chi connectivity index (χ0v) is 19.7. The van der Waals surface area contributed by atoms with Crippen molar-refractivity contribution >= 4 is 32.0 Å². The summed E-state index contributed by atoms with van der Waals surface area (Å²) in [7, 11) is -0.997. The van der Waals surface area contributed by atoms with E-state index >= 15 is 0 Å². The second-order valence-electron chi connectivity index (χ2n) is 8.30. The molecule has 0 aliphatic carbocycles. The van der Waals surface area contributed by atoms with Crippen LogP contribution in [0.3, 0.4) is 0 Å². The first-order chi connectivity index (χ1) is 13.7. The average Bonchev–Trinajstić information content (AvgIpc) is 2.56. The number of carbonyl (C=O) groups excluding carboxylic acids is 2. The molecule has 0 heterocycles. The summed E-state index contributed by atoms with van der Waals surface area (Å²) in [6, 6.07) is 1.21. The number of esters is 1. The molecule has 0 aromatic rings. The zero-order chi connectivity index (χ0) is 24.0. The summed E-state index contributed by atoms with van der Waals surface area (Å²) < 4.78 is 5.25. The van der Waals surface area contributed by atoms with Crippen molar-refractivity contribution in [1.82, 2.24) is 0 Å². The molecule has 4 N–H and O–H groups in total. The van der Waals surface area contributed by atoms with Crippen LogP contribution >= 0.6 is 0 Å². The van der Waals surface area contributed by atoms with E-state index in [-0.39, 0.29) is 5.97 Å². The first-order valence-electron chi connectivity index (χ1n) is 10.0. The summed E-state index contributed by atoms with van der Waals surface area (Å²) in [5.74, 6) is -5.37. The summed E-state index contributed by atoms with van der Waals surface area (Å²) in [4.78, 5) is 43.3. The van der Waals surface area contributed by atoms with Crippen LogP contribution in [0.4, 0.5) is 0 Å². The van der Waals surface area contributed by atoms with Crippen molar-refractivity contribution in [3.05, 3.63) is 0 Å². The van der Waals surface area contributed by atoms with E-state index in [2.05, 4.69) is 33.5 Å². The van der Waals surface area contributed by atoms with Crippen molar-refractivity contribution in [2.24, 2.45) is 0 Å². The van der Waals surface area contributed by atoms with Gasteiger partial charge < -0.3 is 34.9 Å². The molecule has 0 spiro atoms. The number of hydrogen-bond acceptors (Lipinski definition) is 7. The minimum absolute atomic E-state index is 0.0187. The molecule has 0 aliphatic rings. The SMILES string of the molecule is CC[NH+](CC)CCOC(=O)CCC[Si](C)(C)C.O=C(O)CC(O)(CC(=O)O)C(=O)[O-]. The molecule has 0 radical (unpaired) electrons. The van der Waals surface area contributed by atoms with E-state index in [1.807, 2.05) is 0 Å². The highest BCUT2D eigenvalue weighted by molar-refractivity contribution is 6.76. The number of nitrogens with one attached hydrogen (secondary N) is 1. The van der Waals surface area contributed by atoms with Gasteiger partial charge in [-0.3, -0.25) is 14.4 Å². The van der Waals surface area contributed by atoms with Gasteiger partial charge >= 0.3 is 17.9 Å². The van der Waals surface area contributed by atoms with Crippen LogP contribution in [0.2, 0.25) is 25.7 Å². The molecular formula is C19H37NO9Si. The van der Waals surface area contributed by atoms with Gasteiger partial charge in [0, 0.05) is 14.5 Å². The molecule has 0 saturated carbocycles. The standard InChI is InChI=1S/C13H29NO2Si.C6H8O7/c1-6-14(7-2)10-11-16-13(15)9-8-12-17(3,4)5;7-3(8)1-6(13,5(11)12)2-4(9)10/h6-12H2,1-5H3;13H,1-2H2,(H,7,8)(H,9,10)(H,11,12). The molecule has 176 valence electrons. The Labute approximate surface area is 178 Å². The fourth-order valence-corrected chi connectivity index (χ4v) is 3.69. The van der Waals surface area contributed by atoms with Gasteiger partial charge in [-0.2, -0.15) is 0 Å². The minimum atomic E-state index is -2.85. The van der Waals surface area contributed by atoms with Crippen LogP contribution in [0.5, 0.6) is 0 Å². The monoisotopic (exact) mass is 451 g/mol. The lowest BCUT2D eigenvalue weighted by Crippen LogP contribution is -3.11. The van der Waals surface area contributed by atoms with E-state index in [1.165, 1.54) is 10.9 Å². The average molecular weight is 452 g/mol. The molecule has 0 aromatic carbocycles. The molecule has 0 saturated heterocycles. The Bertz CT molecular complexity index is 541. The Hall–Kier alpha value is -1.98. The number of carbonyl (C=O) groups is 4. The van der Waals surface area contributed by atoms with Crippen LogP contribution in [0.15, 0.2) is 0 Å². The van der Waals surface area contributed by atoms with Crippen molar-refractivity contribution in [3.8, 4) is 0 Å². The second-order valence-corrected chi connectivity index (χ2v) is 13.9. The van der Waals surface area contributed by atoms with Gasteiger partial charge in [-0.15, -0.1) is 0 Å². The number of carboxylic acid groups (broad SMARTS) is 3. The second kappa shape index (κ2) is 14.9. The fraction of sp³-hybridized carbons (Fsp3) is 0.789. The molecule has 0 rings (SSSR count). The molecule has 11 heteroatoms. The van der Waals surface area contributed by atoms with E-state index in [0.717, 1.165) is 26.1 Å². The van der Waals surface area contributed by atoms with Crippen molar-refractivity contribution < 1.29 is 49.2 Å². The molecule has 30 heavy (non-hydrogen) atoms.